The number of aromatic nitrogens is 2. The standard InChI is InChI=1S/C22H29N5O4/c1-30-17-7-5-16(6-8-17)23-21(28)15-27-9-3-2-4-20(27)18-14-19(25-24-18)22(29)26-10-12-31-13-11-26/h5-8,14,20H,2-4,9-13,15H2,1H3,(H,23,28)(H,24,25)/t20-/m0/s1. The first kappa shape index (κ1) is 21.3. The minimum atomic E-state index is -0.0783. The summed E-state index contributed by atoms with van der Waals surface area (Å²) in [5.41, 5.74) is 2.04. The zero-order valence-electron chi connectivity index (χ0n) is 17.8. The molecule has 2 fully saturated rings. The summed E-state index contributed by atoms with van der Waals surface area (Å²) in [6.07, 6.45) is 3.04. The van der Waals surface area contributed by atoms with Crippen molar-refractivity contribution in [3.05, 3.63) is 41.7 Å². The molecule has 166 valence electrons. The highest BCUT2D eigenvalue weighted by atomic mass is 16.5. The maximum Gasteiger partial charge on any atom is 0.274 e. The van der Waals surface area contributed by atoms with E-state index in [4.69, 9.17) is 9.47 Å². The van der Waals surface area contributed by atoms with E-state index in [1.54, 1.807) is 12.0 Å². The molecular weight excluding hydrogens is 398 g/mol. The lowest BCUT2D eigenvalue weighted by Crippen LogP contribution is -2.40. The maximum absolute atomic E-state index is 12.7. The molecule has 0 radical (unpaired) electrons. The Labute approximate surface area is 181 Å². The Hall–Kier alpha value is -2.91. The van der Waals surface area contributed by atoms with Gasteiger partial charge in [-0.3, -0.25) is 19.6 Å². The van der Waals surface area contributed by atoms with Crippen molar-refractivity contribution in [2.75, 3.05) is 51.8 Å². The molecule has 0 spiro atoms. The van der Waals surface area contributed by atoms with E-state index in [1.807, 2.05) is 30.3 Å². The minimum absolute atomic E-state index is 0.0362. The van der Waals surface area contributed by atoms with Gasteiger partial charge in [0.15, 0.2) is 0 Å². The number of ether oxygens (including phenoxy) is 2. The molecule has 2 aromatic rings. The fourth-order valence-corrected chi connectivity index (χ4v) is 4.14. The number of piperidine rings is 1. The van der Waals surface area contributed by atoms with Gasteiger partial charge < -0.3 is 19.7 Å². The number of methoxy groups -OCH3 is 1. The number of hydrogen-bond donors (Lipinski definition) is 2. The molecule has 2 aliphatic heterocycles. The zero-order chi connectivity index (χ0) is 21.6. The van der Waals surface area contributed by atoms with Crippen molar-refractivity contribution < 1.29 is 19.1 Å². The largest absolute Gasteiger partial charge is 0.497 e. The zero-order valence-corrected chi connectivity index (χ0v) is 17.8. The topological polar surface area (TPSA) is 99.8 Å². The highest BCUT2D eigenvalue weighted by molar-refractivity contribution is 5.93. The van der Waals surface area contributed by atoms with Crippen molar-refractivity contribution in [3.8, 4) is 5.75 Å². The maximum atomic E-state index is 12.7. The summed E-state index contributed by atoms with van der Waals surface area (Å²) in [5.74, 6) is 0.599. The summed E-state index contributed by atoms with van der Waals surface area (Å²) in [7, 11) is 1.61. The number of H-pyrrole nitrogens is 1. The van der Waals surface area contributed by atoms with Crippen LogP contribution in [0.4, 0.5) is 5.69 Å². The number of nitrogens with one attached hydrogen (secondary N) is 2. The molecule has 0 unspecified atom stereocenters. The van der Waals surface area contributed by atoms with Gasteiger partial charge in [0, 0.05) is 18.8 Å². The number of aromatic amines is 1. The average Bonchev–Trinajstić information content (AvgIpc) is 3.30. The Morgan fingerprint density at radius 3 is 2.71 bits per heavy atom. The van der Waals surface area contributed by atoms with Crippen LogP contribution >= 0.6 is 0 Å². The molecule has 31 heavy (non-hydrogen) atoms. The number of hydrogen-bond acceptors (Lipinski definition) is 6. The Balaban J connectivity index is 1.39. The quantitative estimate of drug-likeness (QED) is 0.732. The number of rotatable bonds is 6. The molecule has 2 saturated heterocycles. The van der Waals surface area contributed by atoms with Crippen LogP contribution in [0.3, 0.4) is 0 Å². The molecule has 1 aromatic carbocycles. The van der Waals surface area contributed by atoms with Gasteiger partial charge in [0.25, 0.3) is 5.91 Å². The predicted octanol–water partition coefficient (Wildman–Crippen LogP) is 2.06. The smallest absolute Gasteiger partial charge is 0.274 e. The number of benzene rings is 1. The Morgan fingerprint density at radius 1 is 1.19 bits per heavy atom. The number of carbonyl (C=O) groups is 2. The SMILES string of the molecule is COc1ccc(NC(=O)CN2CCCC[C@H]2c2cc(C(=O)N3CCOCC3)n[nH]2)cc1. The summed E-state index contributed by atoms with van der Waals surface area (Å²) in [4.78, 5) is 29.3. The van der Waals surface area contributed by atoms with Crippen molar-refractivity contribution in [1.29, 1.82) is 0 Å². The Bertz CT molecular complexity index is 892. The van der Waals surface area contributed by atoms with E-state index in [-0.39, 0.29) is 24.4 Å². The van der Waals surface area contributed by atoms with E-state index in [0.29, 0.717) is 32.0 Å². The van der Waals surface area contributed by atoms with Gasteiger partial charge >= 0.3 is 0 Å². The lowest BCUT2D eigenvalue weighted by atomic mass is 9.99. The molecule has 4 rings (SSSR count). The van der Waals surface area contributed by atoms with Gasteiger partial charge in [-0.25, -0.2) is 0 Å². The fraction of sp³-hybridized carbons (Fsp3) is 0.500. The van der Waals surface area contributed by atoms with Gasteiger partial charge in [0.2, 0.25) is 5.91 Å². The molecule has 0 aliphatic carbocycles. The number of carbonyl (C=O) groups excluding carboxylic acids is 2. The van der Waals surface area contributed by atoms with Crippen molar-refractivity contribution in [2.45, 2.75) is 25.3 Å². The number of nitrogens with zero attached hydrogens (tertiary/aromatic N) is 3. The second-order valence-electron chi connectivity index (χ2n) is 7.87. The van der Waals surface area contributed by atoms with Crippen LogP contribution in [-0.4, -0.2) is 78.3 Å². The third-order valence-electron chi connectivity index (χ3n) is 5.81. The monoisotopic (exact) mass is 427 g/mol. The number of amides is 2. The van der Waals surface area contributed by atoms with Crippen LogP contribution < -0.4 is 10.1 Å². The van der Waals surface area contributed by atoms with Crippen LogP contribution in [0.25, 0.3) is 0 Å². The van der Waals surface area contributed by atoms with Crippen LogP contribution in [0.5, 0.6) is 5.75 Å². The molecule has 3 heterocycles. The highest BCUT2D eigenvalue weighted by Gasteiger charge is 2.29. The van der Waals surface area contributed by atoms with E-state index in [9.17, 15) is 9.59 Å². The first-order valence-corrected chi connectivity index (χ1v) is 10.7. The Morgan fingerprint density at radius 2 is 1.97 bits per heavy atom. The molecule has 1 aromatic heterocycles. The summed E-state index contributed by atoms with van der Waals surface area (Å²) in [5, 5.41) is 10.3. The summed E-state index contributed by atoms with van der Waals surface area (Å²) in [6.45, 7) is 3.39. The fourth-order valence-electron chi connectivity index (χ4n) is 4.14. The van der Waals surface area contributed by atoms with Gasteiger partial charge in [-0.05, 0) is 49.7 Å². The van der Waals surface area contributed by atoms with E-state index in [0.717, 1.165) is 42.9 Å². The van der Waals surface area contributed by atoms with E-state index >= 15 is 0 Å². The van der Waals surface area contributed by atoms with Crippen molar-refractivity contribution >= 4 is 17.5 Å². The van der Waals surface area contributed by atoms with Crippen LogP contribution in [0.15, 0.2) is 30.3 Å². The van der Waals surface area contributed by atoms with Crippen molar-refractivity contribution in [1.82, 2.24) is 20.0 Å². The van der Waals surface area contributed by atoms with Crippen molar-refractivity contribution in [3.63, 3.8) is 0 Å². The van der Waals surface area contributed by atoms with E-state index in [2.05, 4.69) is 20.4 Å². The van der Waals surface area contributed by atoms with Gasteiger partial charge in [0.1, 0.15) is 11.4 Å². The molecule has 1 atom stereocenters. The van der Waals surface area contributed by atoms with E-state index < -0.39 is 0 Å². The molecule has 2 N–H and O–H groups in total. The van der Waals surface area contributed by atoms with Crippen LogP contribution in [0, 0.1) is 0 Å². The molecule has 9 heteroatoms. The summed E-state index contributed by atoms with van der Waals surface area (Å²) < 4.78 is 10.5. The highest BCUT2D eigenvalue weighted by Crippen LogP contribution is 2.30. The number of anilines is 1. The van der Waals surface area contributed by atoms with Gasteiger partial charge in [-0.1, -0.05) is 6.42 Å². The van der Waals surface area contributed by atoms with Crippen molar-refractivity contribution in [2.24, 2.45) is 0 Å². The molecule has 9 nitrogen and oxygen atoms in total. The molecule has 0 bridgehead atoms. The average molecular weight is 428 g/mol. The van der Waals surface area contributed by atoms with Crippen LogP contribution in [0.1, 0.15) is 41.5 Å². The molecule has 0 saturated carbocycles. The molecule has 2 amide bonds. The van der Waals surface area contributed by atoms with Gasteiger partial charge in [0.05, 0.1) is 38.6 Å². The Kier molecular flexibility index (Phi) is 6.83. The second-order valence-corrected chi connectivity index (χ2v) is 7.87. The third-order valence-corrected chi connectivity index (χ3v) is 5.81. The second kappa shape index (κ2) is 9.93. The first-order chi connectivity index (χ1) is 15.1. The lowest BCUT2D eigenvalue weighted by Gasteiger charge is -2.34. The predicted molar refractivity (Wildman–Crippen MR) is 115 cm³/mol. The van der Waals surface area contributed by atoms with Crippen LogP contribution in [-0.2, 0) is 9.53 Å². The molecular formula is C22H29N5O4. The van der Waals surface area contributed by atoms with Crippen LogP contribution in [0.2, 0.25) is 0 Å². The molecule has 2 aliphatic rings. The number of likely N-dealkylation sites (tertiary alicyclic amines) is 1. The lowest BCUT2D eigenvalue weighted by molar-refractivity contribution is -0.118. The minimum Gasteiger partial charge on any atom is -0.497 e. The number of morpholine rings is 1. The van der Waals surface area contributed by atoms with Gasteiger partial charge in [-0.2, -0.15) is 5.10 Å². The summed E-state index contributed by atoms with van der Waals surface area (Å²) >= 11 is 0. The first-order valence-electron chi connectivity index (χ1n) is 10.7. The van der Waals surface area contributed by atoms with E-state index in [1.165, 1.54) is 0 Å². The summed E-state index contributed by atoms with van der Waals surface area (Å²) in [6, 6.07) is 9.15. The third kappa shape index (κ3) is 5.23. The van der Waals surface area contributed by atoms with Gasteiger partial charge in [-0.15, -0.1) is 0 Å². The normalized spacial score (nSPS) is 19.8.